The number of sulfonamides is 1. The quantitative estimate of drug-likeness (QED) is 0.611. The molecule has 0 aromatic heterocycles. The van der Waals surface area contributed by atoms with Gasteiger partial charge in [-0.25, -0.2) is 17.5 Å². The minimum atomic E-state index is -3.87. The molecule has 1 atom stereocenters. The monoisotopic (exact) mass is 391 g/mol. The van der Waals surface area contributed by atoms with Crippen LogP contribution in [0.25, 0.3) is 0 Å². The Bertz CT molecular complexity index is 566. The van der Waals surface area contributed by atoms with E-state index in [1.165, 1.54) is 6.07 Å². The van der Waals surface area contributed by atoms with E-state index in [1.54, 1.807) is 0 Å². The molecule has 108 valence electrons. The summed E-state index contributed by atoms with van der Waals surface area (Å²) < 4.78 is 39.9. The average molecular weight is 393 g/mol. The van der Waals surface area contributed by atoms with E-state index in [0.717, 1.165) is 6.07 Å². The van der Waals surface area contributed by atoms with Crippen LogP contribution in [0.5, 0.6) is 0 Å². The Hall–Kier alpha value is 0.120. The van der Waals surface area contributed by atoms with E-state index >= 15 is 0 Å². The smallest absolute Gasteiger partial charge is 0.210 e. The third-order valence-electron chi connectivity index (χ3n) is 2.48. The summed E-state index contributed by atoms with van der Waals surface area (Å²) in [5.74, 6) is -0.689. The molecule has 1 aromatic carbocycles. The van der Waals surface area contributed by atoms with Crippen molar-refractivity contribution in [1.82, 2.24) is 4.72 Å². The third-order valence-corrected chi connectivity index (χ3v) is 6.10. The maximum atomic E-state index is 13.5. The van der Waals surface area contributed by atoms with Crippen molar-refractivity contribution in [3.8, 4) is 0 Å². The van der Waals surface area contributed by atoms with Gasteiger partial charge < -0.3 is 0 Å². The van der Waals surface area contributed by atoms with Crippen LogP contribution in [0.1, 0.15) is 13.8 Å². The first kappa shape index (κ1) is 17.2. The molecule has 1 unspecified atom stereocenters. The summed E-state index contributed by atoms with van der Waals surface area (Å²) in [7, 11) is -3.87. The van der Waals surface area contributed by atoms with Gasteiger partial charge in [0.15, 0.2) is 5.82 Å². The molecule has 0 radical (unpaired) electrons. The molecule has 0 saturated heterocycles. The summed E-state index contributed by atoms with van der Waals surface area (Å²) in [5, 5.41) is -0.722. The van der Waals surface area contributed by atoms with E-state index < -0.39 is 20.9 Å². The van der Waals surface area contributed by atoms with Gasteiger partial charge in [0.1, 0.15) is 4.90 Å². The first-order valence-electron chi connectivity index (χ1n) is 5.44. The molecule has 0 spiro atoms. The summed E-state index contributed by atoms with van der Waals surface area (Å²) >= 11 is 14.6. The number of hydrogen-bond acceptors (Lipinski definition) is 2. The van der Waals surface area contributed by atoms with Crippen LogP contribution in [0.15, 0.2) is 17.0 Å². The van der Waals surface area contributed by atoms with Gasteiger partial charge in [0.25, 0.3) is 0 Å². The molecule has 0 aliphatic rings. The van der Waals surface area contributed by atoms with Gasteiger partial charge in [0.2, 0.25) is 10.0 Å². The van der Waals surface area contributed by atoms with Crippen LogP contribution in [-0.2, 0) is 10.0 Å². The molecule has 0 aliphatic heterocycles. The van der Waals surface area contributed by atoms with Gasteiger partial charge in [-0.05, 0) is 18.1 Å². The van der Waals surface area contributed by atoms with Gasteiger partial charge in [-0.2, -0.15) is 0 Å². The summed E-state index contributed by atoms with van der Waals surface area (Å²) in [5.41, 5.74) is 0. The number of hydrogen-bond donors (Lipinski definition) is 1. The summed E-state index contributed by atoms with van der Waals surface area (Å²) in [6.07, 6.45) is 0. The minimum Gasteiger partial charge on any atom is -0.210 e. The minimum absolute atomic E-state index is 0.0294. The molecule has 0 saturated carbocycles. The van der Waals surface area contributed by atoms with Crippen molar-refractivity contribution in [1.29, 1.82) is 0 Å². The number of nitrogens with one attached hydrogen (secondary N) is 1. The fourth-order valence-corrected chi connectivity index (χ4v) is 3.40. The number of halogens is 4. The Morgan fingerprint density at radius 2 is 1.95 bits per heavy atom. The Morgan fingerprint density at radius 1 is 1.37 bits per heavy atom. The molecule has 0 fully saturated rings. The van der Waals surface area contributed by atoms with E-state index in [9.17, 15) is 12.8 Å². The fraction of sp³-hybridized carbons (Fsp3) is 0.455. The second-order valence-corrected chi connectivity index (χ2v) is 7.98. The molecule has 1 aromatic rings. The van der Waals surface area contributed by atoms with Crippen molar-refractivity contribution < 1.29 is 12.8 Å². The number of rotatable bonds is 5. The summed E-state index contributed by atoms with van der Waals surface area (Å²) in [6.45, 7) is 4.08. The van der Waals surface area contributed by atoms with E-state index in [1.807, 2.05) is 13.8 Å². The van der Waals surface area contributed by atoms with Gasteiger partial charge in [0, 0.05) is 11.4 Å². The Balaban J connectivity index is 2.99. The molecular formula is C11H13BrCl2FNO2S. The molecule has 0 heterocycles. The molecule has 19 heavy (non-hydrogen) atoms. The summed E-state index contributed by atoms with van der Waals surface area (Å²) in [4.78, 5) is -0.349. The molecule has 3 nitrogen and oxygen atoms in total. The van der Waals surface area contributed by atoms with Crippen LogP contribution in [-0.4, -0.2) is 19.8 Å². The highest BCUT2D eigenvalue weighted by Gasteiger charge is 2.23. The van der Waals surface area contributed by atoms with Crippen LogP contribution in [0, 0.1) is 11.7 Å². The lowest BCUT2D eigenvalue weighted by Gasteiger charge is -2.15. The molecule has 8 heteroatoms. The maximum Gasteiger partial charge on any atom is 0.242 e. The third kappa shape index (κ3) is 4.29. The zero-order chi connectivity index (χ0) is 14.8. The lowest BCUT2D eigenvalue weighted by molar-refractivity contribution is 0.561. The van der Waals surface area contributed by atoms with Crippen LogP contribution >= 0.6 is 39.1 Å². The molecular weight excluding hydrogens is 380 g/mol. The van der Waals surface area contributed by atoms with Crippen molar-refractivity contribution in [2.24, 2.45) is 5.92 Å². The molecule has 1 rings (SSSR count). The molecule has 0 bridgehead atoms. The molecule has 0 amide bonds. The summed E-state index contributed by atoms with van der Waals surface area (Å²) in [6, 6.07) is 2.33. The molecule has 0 aliphatic carbocycles. The second-order valence-electron chi connectivity index (χ2n) is 4.29. The predicted octanol–water partition coefficient (Wildman–Crippen LogP) is 3.83. The standard InChI is InChI=1S/C11H13BrCl2FNO2S/c1-6(2)7(12)5-16-19(17,18)9-4-3-8(13)11(15)10(9)14/h3-4,6-7,16H,5H2,1-2H3. The van der Waals surface area contributed by atoms with Gasteiger partial charge in [-0.1, -0.05) is 53.0 Å². The highest BCUT2D eigenvalue weighted by Crippen LogP contribution is 2.29. The van der Waals surface area contributed by atoms with Crippen molar-refractivity contribution in [2.75, 3.05) is 6.54 Å². The maximum absolute atomic E-state index is 13.5. The van der Waals surface area contributed by atoms with Crippen LogP contribution in [0.4, 0.5) is 4.39 Å². The van der Waals surface area contributed by atoms with Gasteiger partial charge in [-0.15, -0.1) is 0 Å². The van der Waals surface area contributed by atoms with Crippen molar-refractivity contribution in [3.63, 3.8) is 0 Å². The van der Waals surface area contributed by atoms with Gasteiger partial charge >= 0.3 is 0 Å². The Morgan fingerprint density at radius 3 is 2.47 bits per heavy atom. The largest absolute Gasteiger partial charge is 0.242 e. The van der Waals surface area contributed by atoms with Crippen LogP contribution in [0.3, 0.4) is 0 Å². The average Bonchev–Trinajstić information content (AvgIpc) is 2.32. The van der Waals surface area contributed by atoms with Crippen LogP contribution in [0.2, 0.25) is 10.0 Å². The topological polar surface area (TPSA) is 46.2 Å². The molecule has 1 N–H and O–H groups in total. The van der Waals surface area contributed by atoms with E-state index in [2.05, 4.69) is 20.7 Å². The van der Waals surface area contributed by atoms with Crippen molar-refractivity contribution >= 4 is 49.2 Å². The Labute approximate surface area is 130 Å². The van der Waals surface area contributed by atoms with E-state index in [4.69, 9.17) is 23.2 Å². The lowest BCUT2D eigenvalue weighted by Crippen LogP contribution is -2.32. The van der Waals surface area contributed by atoms with Crippen LogP contribution < -0.4 is 4.72 Å². The van der Waals surface area contributed by atoms with Crippen molar-refractivity contribution in [2.45, 2.75) is 23.6 Å². The number of alkyl halides is 1. The highest BCUT2D eigenvalue weighted by atomic mass is 79.9. The lowest BCUT2D eigenvalue weighted by atomic mass is 10.1. The SMILES string of the molecule is CC(C)C(Br)CNS(=O)(=O)c1ccc(Cl)c(F)c1Cl. The fourth-order valence-electron chi connectivity index (χ4n) is 1.22. The normalized spacial score (nSPS) is 13.8. The van der Waals surface area contributed by atoms with Gasteiger partial charge in [-0.3, -0.25) is 0 Å². The van der Waals surface area contributed by atoms with E-state index in [-0.39, 0.29) is 27.2 Å². The highest BCUT2D eigenvalue weighted by molar-refractivity contribution is 9.09. The van der Waals surface area contributed by atoms with Gasteiger partial charge in [0.05, 0.1) is 10.0 Å². The zero-order valence-electron chi connectivity index (χ0n) is 10.3. The first-order chi connectivity index (χ1) is 8.66. The second kappa shape index (κ2) is 6.72. The predicted molar refractivity (Wildman–Crippen MR) is 79.2 cm³/mol. The van der Waals surface area contributed by atoms with E-state index in [0.29, 0.717) is 0 Å². The van der Waals surface area contributed by atoms with Crippen molar-refractivity contribution in [3.05, 3.63) is 28.0 Å². The zero-order valence-corrected chi connectivity index (χ0v) is 14.2. The number of benzene rings is 1. The Kier molecular flexibility index (Phi) is 6.07. The first-order valence-corrected chi connectivity index (χ1v) is 8.59.